The van der Waals surface area contributed by atoms with Gasteiger partial charge in [0.15, 0.2) is 5.78 Å². The highest BCUT2D eigenvalue weighted by Gasteiger charge is 2.14. The summed E-state index contributed by atoms with van der Waals surface area (Å²) < 4.78 is 0. The molecular weight excluding hydrogens is 371 g/mol. The van der Waals surface area contributed by atoms with Gasteiger partial charge < -0.3 is 10.0 Å². The Morgan fingerprint density at radius 2 is 1.43 bits per heavy atom. The van der Waals surface area contributed by atoms with Crippen LogP contribution >= 0.6 is 0 Å². The van der Waals surface area contributed by atoms with E-state index in [2.05, 4.69) is 54.6 Å². The molecule has 5 aromatic carbocycles. The molecule has 0 aliphatic carbocycles. The first-order valence-electron chi connectivity index (χ1n) is 10.3. The van der Waals surface area contributed by atoms with Gasteiger partial charge in [-0.1, -0.05) is 78.9 Å². The largest absolute Gasteiger partial charge is 0.488 e. The number of hydrogen-bond acceptors (Lipinski definition) is 3. The smallest absolute Gasteiger partial charge is 0.423 e. The quantitative estimate of drug-likeness (QED) is 0.255. The van der Waals surface area contributed by atoms with Crippen LogP contribution in [-0.4, -0.2) is 22.9 Å². The minimum atomic E-state index is -1.56. The lowest BCUT2D eigenvalue weighted by atomic mass is 9.79. The van der Waals surface area contributed by atoms with Crippen molar-refractivity contribution in [2.45, 2.75) is 19.3 Å². The van der Waals surface area contributed by atoms with Crippen LogP contribution in [0, 0.1) is 0 Å². The van der Waals surface area contributed by atoms with Crippen LogP contribution in [0.1, 0.15) is 28.8 Å². The van der Waals surface area contributed by atoms with E-state index in [0.717, 1.165) is 12.8 Å². The molecule has 0 unspecified atom stereocenters. The molecule has 2 N–H and O–H groups in total. The first-order chi connectivity index (χ1) is 14.6. The summed E-state index contributed by atoms with van der Waals surface area (Å²) in [6.45, 7) is 0. The number of aryl methyl sites for hydroxylation is 1. The lowest BCUT2D eigenvalue weighted by molar-refractivity contribution is 0.0980. The van der Waals surface area contributed by atoms with Gasteiger partial charge in [0.1, 0.15) is 0 Å². The Kier molecular flexibility index (Phi) is 4.74. The average Bonchev–Trinajstić information content (AvgIpc) is 2.78. The number of ketones is 1. The van der Waals surface area contributed by atoms with Gasteiger partial charge in [0.05, 0.1) is 0 Å². The van der Waals surface area contributed by atoms with Gasteiger partial charge >= 0.3 is 7.12 Å². The maximum atomic E-state index is 12.6. The molecule has 0 saturated heterocycles. The third-order valence-electron chi connectivity index (χ3n) is 5.98. The van der Waals surface area contributed by atoms with Crippen LogP contribution in [0.5, 0.6) is 0 Å². The maximum absolute atomic E-state index is 12.6. The number of benzene rings is 5. The fourth-order valence-corrected chi connectivity index (χ4v) is 4.47. The zero-order valence-electron chi connectivity index (χ0n) is 16.5. The Balaban J connectivity index is 1.41. The molecule has 4 heteroatoms. The van der Waals surface area contributed by atoms with Crippen LogP contribution in [0.25, 0.3) is 32.3 Å². The van der Waals surface area contributed by atoms with E-state index in [0.29, 0.717) is 17.4 Å². The number of carbonyl (C=O) groups is 1. The van der Waals surface area contributed by atoms with Gasteiger partial charge in [-0.2, -0.15) is 0 Å². The van der Waals surface area contributed by atoms with Crippen molar-refractivity contribution in [3.63, 3.8) is 0 Å². The summed E-state index contributed by atoms with van der Waals surface area (Å²) in [6.07, 6.45) is 1.99. The molecule has 0 fully saturated rings. The van der Waals surface area contributed by atoms with Gasteiger partial charge in [0, 0.05) is 12.0 Å². The van der Waals surface area contributed by atoms with Crippen LogP contribution in [0.4, 0.5) is 0 Å². The molecule has 3 nitrogen and oxygen atoms in total. The second-order valence-corrected chi connectivity index (χ2v) is 7.86. The van der Waals surface area contributed by atoms with E-state index in [1.165, 1.54) is 37.9 Å². The molecule has 146 valence electrons. The van der Waals surface area contributed by atoms with Crippen molar-refractivity contribution in [3.05, 3.63) is 90.0 Å². The SMILES string of the molecule is O=C(CCCc1ccc2ccc3cccc4ccc1c2c34)c1cccc(B(O)O)c1. The van der Waals surface area contributed by atoms with Crippen LogP contribution in [0.2, 0.25) is 0 Å². The van der Waals surface area contributed by atoms with Crippen LogP contribution in [0.15, 0.2) is 78.9 Å². The lowest BCUT2D eigenvalue weighted by Gasteiger charge is -2.14. The molecule has 0 amide bonds. The summed E-state index contributed by atoms with van der Waals surface area (Å²) in [7, 11) is -1.56. The normalized spacial score (nSPS) is 11.5. The predicted molar refractivity (Wildman–Crippen MR) is 124 cm³/mol. The van der Waals surface area contributed by atoms with E-state index >= 15 is 0 Å². The molecule has 0 aliphatic rings. The summed E-state index contributed by atoms with van der Waals surface area (Å²) >= 11 is 0. The van der Waals surface area contributed by atoms with Crippen LogP contribution in [-0.2, 0) is 6.42 Å². The molecule has 0 spiro atoms. The zero-order chi connectivity index (χ0) is 20.7. The third kappa shape index (κ3) is 3.24. The Morgan fingerprint density at radius 3 is 2.20 bits per heavy atom. The van der Waals surface area contributed by atoms with Gasteiger partial charge in [-0.15, -0.1) is 0 Å². The topological polar surface area (TPSA) is 57.5 Å². The molecule has 0 atom stereocenters. The van der Waals surface area contributed by atoms with E-state index < -0.39 is 7.12 Å². The molecule has 0 radical (unpaired) electrons. The van der Waals surface area contributed by atoms with Crippen molar-refractivity contribution in [1.29, 1.82) is 0 Å². The Morgan fingerprint density at radius 1 is 0.767 bits per heavy atom. The fraction of sp³-hybridized carbons (Fsp3) is 0.115. The first kappa shape index (κ1) is 18.8. The van der Waals surface area contributed by atoms with Gasteiger partial charge in [-0.25, -0.2) is 0 Å². The molecule has 0 saturated carbocycles. The average molecular weight is 392 g/mol. The standard InChI is InChI=1S/C26H21BO3/c28-24(21-7-2-8-22(16-21)27(29)30)9-3-4-17-10-11-20-13-12-18-5-1-6-19-14-15-23(17)26(20)25(18)19/h1-2,5-8,10-16,29-30H,3-4,9H2. The van der Waals surface area contributed by atoms with Crippen molar-refractivity contribution in [2.24, 2.45) is 0 Å². The highest BCUT2D eigenvalue weighted by molar-refractivity contribution is 6.58. The lowest BCUT2D eigenvalue weighted by Crippen LogP contribution is -2.30. The van der Waals surface area contributed by atoms with E-state index in [4.69, 9.17) is 0 Å². The number of carbonyl (C=O) groups excluding carboxylic acids is 1. The minimum Gasteiger partial charge on any atom is -0.423 e. The van der Waals surface area contributed by atoms with E-state index in [1.54, 1.807) is 24.3 Å². The van der Waals surface area contributed by atoms with Gasteiger partial charge in [-0.3, -0.25) is 4.79 Å². The molecule has 5 rings (SSSR count). The number of rotatable bonds is 6. The molecule has 30 heavy (non-hydrogen) atoms. The van der Waals surface area contributed by atoms with E-state index in [9.17, 15) is 14.8 Å². The van der Waals surface area contributed by atoms with E-state index in [1.807, 2.05) is 0 Å². The number of hydrogen-bond donors (Lipinski definition) is 2. The third-order valence-corrected chi connectivity index (χ3v) is 5.98. The van der Waals surface area contributed by atoms with Gasteiger partial charge in [0.2, 0.25) is 0 Å². The molecule has 0 aliphatic heterocycles. The summed E-state index contributed by atoms with van der Waals surface area (Å²) in [5, 5.41) is 26.3. The summed E-state index contributed by atoms with van der Waals surface area (Å²) in [5.74, 6) is 0.0233. The van der Waals surface area contributed by atoms with Crippen molar-refractivity contribution >= 4 is 50.7 Å². The highest BCUT2D eigenvalue weighted by Crippen LogP contribution is 2.36. The Labute approximate surface area is 175 Å². The predicted octanol–water partition coefficient (Wildman–Crippen LogP) is 4.47. The Bertz CT molecular complexity index is 1360. The summed E-state index contributed by atoms with van der Waals surface area (Å²) in [5.41, 5.74) is 2.12. The molecular formula is C26H21BO3. The van der Waals surface area contributed by atoms with Crippen molar-refractivity contribution < 1.29 is 14.8 Å². The summed E-state index contributed by atoms with van der Waals surface area (Å²) in [4.78, 5) is 12.6. The van der Waals surface area contributed by atoms with Gasteiger partial charge in [-0.05, 0) is 56.2 Å². The fourth-order valence-electron chi connectivity index (χ4n) is 4.47. The van der Waals surface area contributed by atoms with Gasteiger partial charge in [0.25, 0.3) is 0 Å². The highest BCUT2D eigenvalue weighted by atomic mass is 16.4. The van der Waals surface area contributed by atoms with Crippen LogP contribution in [0.3, 0.4) is 0 Å². The molecule has 0 aromatic heterocycles. The summed E-state index contributed by atoms with van der Waals surface area (Å²) in [6, 6.07) is 26.1. The first-order valence-corrected chi connectivity index (χ1v) is 10.3. The van der Waals surface area contributed by atoms with Crippen molar-refractivity contribution in [1.82, 2.24) is 0 Å². The molecule has 0 bridgehead atoms. The second kappa shape index (κ2) is 7.56. The van der Waals surface area contributed by atoms with E-state index in [-0.39, 0.29) is 5.78 Å². The van der Waals surface area contributed by atoms with Crippen LogP contribution < -0.4 is 5.46 Å². The monoisotopic (exact) mass is 392 g/mol. The molecule has 5 aromatic rings. The molecule has 0 heterocycles. The van der Waals surface area contributed by atoms with Crippen molar-refractivity contribution in [2.75, 3.05) is 0 Å². The zero-order valence-corrected chi connectivity index (χ0v) is 16.5. The van der Waals surface area contributed by atoms with Crippen molar-refractivity contribution in [3.8, 4) is 0 Å². The number of Topliss-reactive ketones (excluding diaryl/α,β-unsaturated/α-hetero) is 1. The maximum Gasteiger partial charge on any atom is 0.488 e. The second-order valence-electron chi connectivity index (χ2n) is 7.86. The minimum absolute atomic E-state index is 0.0233. The Hall–Kier alpha value is -3.21.